The Hall–Kier alpha value is -2.15. The maximum absolute atomic E-state index is 11.8. The fourth-order valence-electron chi connectivity index (χ4n) is 2.52. The zero-order chi connectivity index (χ0) is 21.5. The van der Waals surface area contributed by atoms with E-state index >= 15 is 0 Å². The minimum absolute atomic E-state index is 0.0700. The fraction of sp³-hybridized carbons (Fsp3) is 0.526. The Labute approximate surface area is 179 Å². The molecular formula is C19H24N4O4S2. The summed E-state index contributed by atoms with van der Waals surface area (Å²) in [5.74, 6) is -1.16. The van der Waals surface area contributed by atoms with Crippen molar-refractivity contribution >= 4 is 34.1 Å². The van der Waals surface area contributed by atoms with Crippen LogP contribution in [0.2, 0.25) is 0 Å². The Morgan fingerprint density at radius 3 is 2.59 bits per heavy atom. The predicted octanol–water partition coefficient (Wildman–Crippen LogP) is 4.20. The van der Waals surface area contributed by atoms with E-state index in [1.807, 2.05) is 43.3 Å². The fourth-order valence-corrected chi connectivity index (χ4v) is 4.16. The van der Waals surface area contributed by atoms with E-state index in [9.17, 15) is 15.2 Å². The topological polar surface area (TPSA) is 128 Å². The van der Waals surface area contributed by atoms with Crippen LogP contribution in [0.25, 0.3) is 10.4 Å². The number of benzene rings is 1. The van der Waals surface area contributed by atoms with E-state index in [4.69, 9.17) is 27.2 Å². The first-order valence-electron chi connectivity index (χ1n) is 9.02. The van der Waals surface area contributed by atoms with Gasteiger partial charge in [-0.05, 0) is 17.5 Å². The Bertz CT molecular complexity index is 750. The van der Waals surface area contributed by atoms with Crippen molar-refractivity contribution < 1.29 is 19.4 Å². The minimum atomic E-state index is -1.54. The first-order chi connectivity index (χ1) is 13.9. The van der Waals surface area contributed by atoms with Crippen molar-refractivity contribution in [1.29, 1.82) is 5.26 Å². The van der Waals surface area contributed by atoms with Gasteiger partial charge in [-0.15, -0.1) is 11.8 Å². The maximum atomic E-state index is 11.8. The summed E-state index contributed by atoms with van der Waals surface area (Å²) in [5.41, 5.74) is 7.51. The highest BCUT2D eigenvalue weighted by atomic mass is 32.2. The Balaban J connectivity index is 2.48. The molecule has 10 heteroatoms. The first-order valence-corrected chi connectivity index (χ1v) is 10.3. The van der Waals surface area contributed by atoms with Gasteiger partial charge in [0.05, 0.1) is 30.1 Å². The molecule has 2 atom stereocenters. The SMILES string of the molecule is CC(CC(C#N)(CCOCCOCCN=[N+]=[N-])C(=O)O)SC(=S)c1ccccc1. The van der Waals surface area contributed by atoms with Crippen LogP contribution in [-0.2, 0) is 14.3 Å². The van der Waals surface area contributed by atoms with Crippen molar-refractivity contribution in [3.05, 3.63) is 46.3 Å². The van der Waals surface area contributed by atoms with Gasteiger partial charge in [-0.25, -0.2) is 0 Å². The normalized spacial score (nSPS) is 13.5. The molecule has 0 amide bonds. The number of carbonyl (C=O) groups is 1. The number of carboxylic acid groups (broad SMARTS) is 1. The van der Waals surface area contributed by atoms with E-state index in [1.54, 1.807) is 0 Å². The Kier molecular flexibility index (Phi) is 12.0. The molecule has 1 aromatic carbocycles. The molecule has 1 rings (SSSR count). The minimum Gasteiger partial charge on any atom is -0.480 e. The smallest absolute Gasteiger partial charge is 0.324 e. The summed E-state index contributed by atoms with van der Waals surface area (Å²) in [5, 5.41) is 22.4. The largest absolute Gasteiger partial charge is 0.480 e. The second kappa shape index (κ2) is 13.9. The maximum Gasteiger partial charge on any atom is 0.324 e. The van der Waals surface area contributed by atoms with Gasteiger partial charge >= 0.3 is 5.97 Å². The quantitative estimate of drug-likeness (QED) is 0.152. The predicted molar refractivity (Wildman–Crippen MR) is 116 cm³/mol. The third-order valence-electron chi connectivity index (χ3n) is 4.02. The van der Waals surface area contributed by atoms with Gasteiger partial charge in [-0.2, -0.15) is 5.26 Å². The number of azide groups is 1. The van der Waals surface area contributed by atoms with Crippen LogP contribution in [-0.4, -0.2) is 53.5 Å². The van der Waals surface area contributed by atoms with Crippen molar-refractivity contribution in [2.24, 2.45) is 10.5 Å². The van der Waals surface area contributed by atoms with Gasteiger partial charge < -0.3 is 14.6 Å². The van der Waals surface area contributed by atoms with Crippen LogP contribution in [0, 0.1) is 16.7 Å². The molecule has 0 spiro atoms. The highest BCUT2D eigenvalue weighted by molar-refractivity contribution is 8.24. The number of hydrogen-bond donors (Lipinski definition) is 1. The molecule has 0 saturated carbocycles. The number of aliphatic carboxylic acids is 1. The molecule has 29 heavy (non-hydrogen) atoms. The van der Waals surface area contributed by atoms with E-state index < -0.39 is 11.4 Å². The lowest BCUT2D eigenvalue weighted by Crippen LogP contribution is -2.34. The van der Waals surface area contributed by atoms with Crippen molar-refractivity contribution in [2.75, 3.05) is 33.0 Å². The zero-order valence-electron chi connectivity index (χ0n) is 16.2. The van der Waals surface area contributed by atoms with Crippen molar-refractivity contribution in [3.8, 4) is 6.07 Å². The zero-order valence-corrected chi connectivity index (χ0v) is 17.8. The molecule has 0 saturated heterocycles. The first kappa shape index (κ1) is 24.9. The highest BCUT2D eigenvalue weighted by Gasteiger charge is 2.40. The second-order valence-electron chi connectivity index (χ2n) is 6.21. The molecule has 1 aromatic rings. The Morgan fingerprint density at radius 2 is 2.00 bits per heavy atom. The lowest BCUT2D eigenvalue weighted by atomic mass is 9.82. The monoisotopic (exact) mass is 436 g/mol. The molecule has 1 N–H and O–H groups in total. The van der Waals surface area contributed by atoms with Crippen molar-refractivity contribution in [3.63, 3.8) is 0 Å². The summed E-state index contributed by atoms with van der Waals surface area (Å²) in [6.45, 7) is 3.09. The lowest BCUT2D eigenvalue weighted by Gasteiger charge is -2.25. The van der Waals surface area contributed by atoms with E-state index in [0.717, 1.165) is 5.56 Å². The van der Waals surface area contributed by atoms with E-state index in [0.29, 0.717) is 17.4 Å². The third kappa shape index (κ3) is 9.26. The van der Waals surface area contributed by atoms with Gasteiger partial charge in [0, 0.05) is 29.7 Å². The molecule has 0 aliphatic carbocycles. The molecule has 0 bridgehead atoms. The average molecular weight is 437 g/mol. The molecule has 0 aliphatic heterocycles. The number of hydrogen-bond acceptors (Lipinski definition) is 7. The standard InChI is InChI=1S/C19H24N4O4S2/c1-15(29-17(28)16-5-3-2-4-6-16)13-19(14-20,18(24)25)7-9-26-11-12-27-10-8-22-23-21/h2-6,15H,7-13H2,1H3,(H,24,25). The van der Waals surface area contributed by atoms with Gasteiger partial charge in [-0.1, -0.05) is 54.6 Å². The second-order valence-corrected chi connectivity index (χ2v) is 8.33. The summed E-state index contributed by atoms with van der Waals surface area (Å²) in [6.07, 6.45) is 0.225. The summed E-state index contributed by atoms with van der Waals surface area (Å²) >= 11 is 6.82. The Morgan fingerprint density at radius 1 is 1.34 bits per heavy atom. The number of rotatable bonds is 14. The molecule has 0 fully saturated rings. The van der Waals surface area contributed by atoms with Gasteiger partial charge in [0.2, 0.25) is 0 Å². The average Bonchev–Trinajstić information content (AvgIpc) is 2.72. The summed E-state index contributed by atoms with van der Waals surface area (Å²) < 4.78 is 11.3. The number of ether oxygens (including phenoxy) is 2. The molecule has 0 heterocycles. The number of nitriles is 1. The number of nitrogens with zero attached hydrogens (tertiary/aromatic N) is 4. The number of carboxylic acids is 1. The van der Waals surface area contributed by atoms with Crippen LogP contribution >= 0.6 is 24.0 Å². The van der Waals surface area contributed by atoms with E-state index in [1.165, 1.54) is 11.8 Å². The van der Waals surface area contributed by atoms with E-state index in [2.05, 4.69) is 10.0 Å². The van der Waals surface area contributed by atoms with Gasteiger partial charge in [0.25, 0.3) is 0 Å². The van der Waals surface area contributed by atoms with Crippen LogP contribution in [0.15, 0.2) is 35.4 Å². The van der Waals surface area contributed by atoms with Gasteiger partial charge in [0.1, 0.15) is 0 Å². The summed E-state index contributed by atoms with van der Waals surface area (Å²) in [7, 11) is 0. The highest BCUT2D eigenvalue weighted by Crippen LogP contribution is 2.34. The molecule has 0 aliphatic rings. The summed E-state index contributed by atoms with van der Waals surface area (Å²) in [6, 6.07) is 11.5. The molecule has 156 valence electrons. The van der Waals surface area contributed by atoms with Crippen LogP contribution < -0.4 is 0 Å². The lowest BCUT2D eigenvalue weighted by molar-refractivity contribution is -0.147. The van der Waals surface area contributed by atoms with Gasteiger partial charge in [-0.3, -0.25) is 4.79 Å². The van der Waals surface area contributed by atoms with Crippen LogP contribution in [0.1, 0.15) is 25.3 Å². The molecule has 2 unspecified atom stereocenters. The van der Waals surface area contributed by atoms with Crippen LogP contribution in [0.5, 0.6) is 0 Å². The number of thioether (sulfide) groups is 1. The molecular weight excluding hydrogens is 412 g/mol. The molecule has 0 aromatic heterocycles. The van der Waals surface area contributed by atoms with Crippen LogP contribution in [0.4, 0.5) is 0 Å². The van der Waals surface area contributed by atoms with E-state index in [-0.39, 0.29) is 37.9 Å². The summed E-state index contributed by atoms with van der Waals surface area (Å²) in [4.78, 5) is 14.4. The third-order valence-corrected chi connectivity index (χ3v) is 5.56. The van der Waals surface area contributed by atoms with Crippen molar-refractivity contribution in [2.45, 2.75) is 25.0 Å². The van der Waals surface area contributed by atoms with Crippen molar-refractivity contribution in [1.82, 2.24) is 0 Å². The molecule has 0 radical (unpaired) electrons. The van der Waals surface area contributed by atoms with Gasteiger partial charge in [0.15, 0.2) is 5.41 Å². The molecule has 8 nitrogen and oxygen atoms in total. The number of thiocarbonyl (C=S) groups is 1. The van der Waals surface area contributed by atoms with Crippen LogP contribution in [0.3, 0.4) is 0 Å².